The van der Waals surface area contributed by atoms with E-state index in [1.807, 2.05) is 44.2 Å². The van der Waals surface area contributed by atoms with Crippen LogP contribution in [0.15, 0.2) is 72.8 Å². The normalized spacial score (nSPS) is 12.2. The molecule has 7 nitrogen and oxygen atoms in total. The molecule has 0 aromatic heterocycles. The minimum absolute atomic E-state index is 0.00302. The Bertz CT molecular complexity index is 1400. The SMILES string of the molecule is CC(C)NC(=O)[C@@H](Cc1ccccc1)N(Cc1ccc(Cl)c(Cl)c1)C(=O)CN(c1ccc(Cl)cc1)S(C)(=O)=O. The number of hydrogen-bond donors (Lipinski definition) is 1. The zero-order valence-electron chi connectivity index (χ0n) is 21.8. The molecule has 0 bridgehead atoms. The highest BCUT2D eigenvalue weighted by Gasteiger charge is 2.33. The number of halogens is 3. The second-order valence-electron chi connectivity index (χ2n) is 9.38. The molecule has 2 amide bonds. The predicted octanol–water partition coefficient (Wildman–Crippen LogP) is 5.58. The van der Waals surface area contributed by atoms with Crippen LogP contribution >= 0.6 is 34.8 Å². The third kappa shape index (κ3) is 8.86. The minimum atomic E-state index is -3.86. The standard InChI is InChI=1S/C28H30Cl3N3O4S/c1-19(2)32-28(36)26(16-20-7-5-4-6-8-20)33(17-21-9-14-24(30)25(31)15-21)27(35)18-34(39(3,37)38)23-12-10-22(29)11-13-23/h4-15,19,26H,16-18H2,1-3H3,(H,32,36)/t26-/m1/s1. The van der Waals surface area contributed by atoms with Crippen LogP contribution in [0.5, 0.6) is 0 Å². The van der Waals surface area contributed by atoms with Crippen molar-refractivity contribution in [2.75, 3.05) is 17.1 Å². The number of nitrogens with one attached hydrogen (secondary N) is 1. The first-order valence-corrected chi connectivity index (χ1v) is 15.1. The van der Waals surface area contributed by atoms with Gasteiger partial charge in [0, 0.05) is 24.0 Å². The van der Waals surface area contributed by atoms with Crippen LogP contribution in [0.4, 0.5) is 5.69 Å². The van der Waals surface area contributed by atoms with E-state index < -0.39 is 28.5 Å². The molecule has 0 spiro atoms. The molecule has 208 valence electrons. The maximum atomic E-state index is 14.0. The maximum absolute atomic E-state index is 14.0. The molecule has 39 heavy (non-hydrogen) atoms. The number of nitrogens with zero attached hydrogens (tertiary/aromatic N) is 2. The van der Waals surface area contributed by atoms with E-state index in [2.05, 4.69) is 5.32 Å². The van der Waals surface area contributed by atoms with Crippen molar-refractivity contribution < 1.29 is 18.0 Å². The monoisotopic (exact) mass is 609 g/mol. The average Bonchev–Trinajstić information content (AvgIpc) is 2.87. The van der Waals surface area contributed by atoms with Crippen molar-refractivity contribution in [1.29, 1.82) is 0 Å². The van der Waals surface area contributed by atoms with Crippen LogP contribution in [-0.2, 0) is 32.6 Å². The fraction of sp³-hybridized carbons (Fsp3) is 0.286. The Balaban J connectivity index is 2.06. The third-order valence-electron chi connectivity index (χ3n) is 5.83. The number of benzene rings is 3. The number of amides is 2. The summed E-state index contributed by atoms with van der Waals surface area (Å²) in [7, 11) is -3.86. The summed E-state index contributed by atoms with van der Waals surface area (Å²) in [5, 5.41) is 3.97. The van der Waals surface area contributed by atoms with Crippen LogP contribution in [-0.4, -0.2) is 50.0 Å². The highest BCUT2D eigenvalue weighted by atomic mass is 35.5. The Labute approximate surface area is 244 Å². The van der Waals surface area contributed by atoms with Crippen LogP contribution in [0, 0.1) is 0 Å². The average molecular weight is 611 g/mol. The molecule has 1 atom stereocenters. The molecule has 0 saturated carbocycles. The maximum Gasteiger partial charge on any atom is 0.244 e. The van der Waals surface area contributed by atoms with Gasteiger partial charge in [0.2, 0.25) is 21.8 Å². The van der Waals surface area contributed by atoms with E-state index >= 15 is 0 Å². The summed E-state index contributed by atoms with van der Waals surface area (Å²) >= 11 is 18.3. The highest BCUT2D eigenvalue weighted by Crippen LogP contribution is 2.25. The minimum Gasteiger partial charge on any atom is -0.352 e. The van der Waals surface area contributed by atoms with Gasteiger partial charge in [-0.05, 0) is 61.4 Å². The molecule has 3 aromatic carbocycles. The lowest BCUT2D eigenvalue weighted by Crippen LogP contribution is -2.54. The van der Waals surface area contributed by atoms with Crippen molar-refractivity contribution in [3.05, 3.63) is 99.0 Å². The quantitative estimate of drug-likeness (QED) is 0.307. The van der Waals surface area contributed by atoms with Gasteiger partial charge in [-0.3, -0.25) is 13.9 Å². The van der Waals surface area contributed by atoms with E-state index in [9.17, 15) is 18.0 Å². The first kappa shape index (κ1) is 30.8. The summed E-state index contributed by atoms with van der Waals surface area (Å²) < 4.78 is 26.5. The second kappa shape index (κ2) is 13.5. The van der Waals surface area contributed by atoms with Crippen molar-refractivity contribution in [3.63, 3.8) is 0 Å². The number of sulfonamides is 1. The van der Waals surface area contributed by atoms with Crippen molar-refractivity contribution in [2.45, 2.75) is 38.9 Å². The number of carbonyl (C=O) groups is 2. The number of hydrogen-bond acceptors (Lipinski definition) is 4. The van der Waals surface area contributed by atoms with Gasteiger partial charge in [0.05, 0.1) is 22.0 Å². The lowest BCUT2D eigenvalue weighted by molar-refractivity contribution is -0.140. The van der Waals surface area contributed by atoms with E-state index in [-0.39, 0.29) is 30.6 Å². The molecule has 1 N–H and O–H groups in total. The van der Waals surface area contributed by atoms with Crippen LogP contribution in [0.25, 0.3) is 0 Å². The first-order valence-electron chi connectivity index (χ1n) is 12.2. The molecule has 0 heterocycles. The van der Waals surface area contributed by atoms with Crippen molar-refractivity contribution >= 4 is 62.3 Å². The molecule has 0 unspecified atom stereocenters. The van der Waals surface area contributed by atoms with Crippen LogP contribution in [0.1, 0.15) is 25.0 Å². The summed E-state index contributed by atoms with van der Waals surface area (Å²) in [6.45, 7) is 3.13. The van der Waals surface area contributed by atoms with Gasteiger partial charge in [-0.2, -0.15) is 0 Å². The molecule has 0 aliphatic heterocycles. The Morgan fingerprint density at radius 2 is 1.51 bits per heavy atom. The molecular weight excluding hydrogens is 581 g/mol. The first-order chi connectivity index (χ1) is 18.3. The molecule has 3 rings (SSSR count). The largest absolute Gasteiger partial charge is 0.352 e. The second-order valence-corrected chi connectivity index (χ2v) is 12.5. The van der Waals surface area contributed by atoms with E-state index in [0.29, 0.717) is 20.6 Å². The molecule has 0 radical (unpaired) electrons. The lowest BCUT2D eigenvalue weighted by Gasteiger charge is -2.34. The zero-order valence-corrected chi connectivity index (χ0v) is 24.9. The van der Waals surface area contributed by atoms with Crippen molar-refractivity contribution in [3.8, 4) is 0 Å². The van der Waals surface area contributed by atoms with Crippen LogP contribution in [0.2, 0.25) is 15.1 Å². The summed E-state index contributed by atoms with van der Waals surface area (Å²) in [6, 6.07) is 19.3. The topological polar surface area (TPSA) is 86.8 Å². The molecule has 0 fully saturated rings. The van der Waals surface area contributed by atoms with Crippen molar-refractivity contribution in [2.24, 2.45) is 0 Å². The van der Waals surface area contributed by atoms with Crippen LogP contribution in [0.3, 0.4) is 0 Å². The Morgan fingerprint density at radius 1 is 0.872 bits per heavy atom. The van der Waals surface area contributed by atoms with Gasteiger partial charge in [-0.15, -0.1) is 0 Å². The molecule has 11 heteroatoms. The van der Waals surface area contributed by atoms with E-state index in [1.54, 1.807) is 30.3 Å². The molecule has 0 aliphatic rings. The fourth-order valence-corrected chi connectivity index (χ4v) is 5.29. The Kier molecular flexibility index (Phi) is 10.7. The van der Waals surface area contributed by atoms with E-state index in [1.165, 1.54) is 17.0 Å². The summed E-state index contributed by atoms with van der Waals surface area (Å²) in [6.07, 6.45) is 1.23. The van der Waals surface area contributed by atoms with Crippen molar-refractivity contribution in [1.82, 2.24) is 10.2 Å². The van der Waals surface area contributed by atoms with Gasteiger partial charge in [0.1, 0.15) is 12.6 Å². The fourth-order valence-electron chi connectivity index (χ4n) is 3.99. The lowest BCUT2D eigenvalue weighted by atomic mass is 10.0. The third-order valence-corrected chi connectivity index (χ3v) is 7.96. The van der Waals surface area contributed by atoms with E-state index in [4.69, 9.17) is 34.8 Å². The van der Waals surface area contributed by atoms with Gasteiger partial charge in [-0.1, -0.05) is 71.2 Å². The smallest absolute Gasteiger partial charge is 0.244 e. The van der Waals surface area contributed by atoms with Gasteiger partial charge < -0.3 is 10.2 Å². The Hall–Kier alpha value is -2.78. The Morgan fingerprint density at radius 3 is 2.08 bits per heavy atom. The predicted molar refractivity (Wildman–Crippen MR) is 158 cm³/mol. The van der Waals surface area contributed by atoms with Gasteiger partial charge in [-0.25, -0.2) is 8.42 Å². The molecule has 0 aliphatic carbocycles. The van der Waals surface area contributed by atoms with Gasteiger partial charge >= 0.3 is 0 Å². The summed E-state index contributed by atoms with van der Waals surface area (Å²) in [5.41, 5.74) is 1.74. The number of rotatable bonds is 11. The summed E-state index contributed by atoms with van der Waals surface area (Å²) in [4.78, 5) is 28.9. The molecule has 0 saturated heterocycles. The summed E-state index contributed by atoms with van der Waals surface area (Å²) in [5.74, 6) is -0.930. The van der Waals surface area contributed by atoms with Crippen LogP contribution < -0.4 is 9.62 Å². The van der Waals surface area contributed by atoms with Gasteiger partial charge in [0.25, 0.3) is 0 Å². The number of anilines is 1. The zero-order chi connectivity index (χ0) is 28.7. The molecule has 3 aromatic rings. The van der Waals surface area contributed by atoms with E-state index in [0.717, 1.165) is 16.1 Å². The number of carbonyl (C=O) groups excluding carboxylic acids is 2. The highest BCUT2D eigenvalue weighted by molar-refractivity contribution is 7.92. The van der Waals surface area contributed by atoms with Gasteiger partial charge in [0.15, 0.2) is 0 Å². The molecular formula is C28H30Cl3N3O4S.